The van der Waals surface area contributed by atoms with Crippen molar-refractivity contribution in [3.8, 4) is 11.8 Å². The third-order valence-electron chi connectivity index (χ3n) is 4.37. The number of anilines is 1. The first-order valence-electron chi connectivity index (χ1n) is 8.61. The van der Waals surface area contributed by atoms with E-state index < -0.39 is 10.0 Å². The fourth-order valence-corrected chi connectivity index (χ4v) is 3.78. The van der Waals surface area contributed by atoms with Crippen LogP contribution in [0.15, 0.2) is 47.4 Å². The summed E-state index contributed by atoms with van der Waals surface area (Å²) in [5.74, 6) is -0.249. The topological polar surface area (TPSA) is 99.5 Å². The molecule has 28 heavy (non-hydrogen) atoms. The molecule has 8 heteroatoms. The predicted molar refractivity (Wildman–Crippen MR) is 107 cm³/mol. The Kier molecular flexibility index (Phi) is 6.65. The Morgan fingerprint density at radius 1 is 1.25 bits per heavy atom. The number of carbonyl (C=O) groups excluding carboxylic acids is 1. The minimum Gasteiger partial charge on any atom is -0.495 e. The second kappa shape index (κ2) is 8.76. The van der Waals surface area contributed by atoms with Crippen LogP contribution in [0.25, 0.3) is 0 Å². The van der Waals surface area contributed by atoms with Crippen LogP contribution in [0, 0.1) is 18.3 Å². The molecule has 2 rings (SSSR count). The number of nitrogens with zero attached hydrogens (tertiary/aromatic N) is 2. The second-order valence-corrected chi connectivity index (χ2v) is 8.12. The first-order chi connectivity index (χ1) is 13.2. The summed E-state index contributed by atoms with van der Waals surface area (Å²) in [6.45, 7) is 3.65. The van der Waals surface area contributed by atoms with Crippen LogP contribution in [0.2, 0.25) is 0 Å². The Labute approximate surface area is 165 Å². The van der Waals surface area contributed by atoms with Crippen molar-refractivity contribution in [2.45, 2.75) is 31.2 Å². The molecule has 0 aliphatic heterocycles. The van der Waals surface area contributed by atoms with Crippen LogP contribution in [-0.2, 0) is 10.0 Å². The van der Waals surface area contributed by atoms with Gasteiger partial charge in [-0.1, -0.05) is 17.7 Å². The lowest BCUT2D eigenvalue weighted by molar-refractivity contribution is 0.0746. The summed E-state index contributed by atoms with van der Waals surface area (Å²) in [5, 5.41) is 8.82. The number of methoxy groups -OCH3 is 1. The van der Waals surface area contributed by atoms with Crippen molar-refractivity contribution in [3.63, 3.8) is 0 Å². The molecule has 0 radical (unpaired) electrons. The van der Waals surface area contributed by atoms with Crippen LogP contribution in [0.3, 0.4) is 0 Å². The summed E-state index contributed by atoms with van der Waals surface area (Å²) in [4.78, 5) is 14.0. The molecule has 1 N–H and O–H groups in total. The summed E-state index contributed by atoms with van der Waals surface area (Å²) in [7, 11) is -1.04. The van der Waals surface area contributed by atoms with Crippen LogP contribution >= 0.6 is 0 Å². The van der Waals surface area contributed by atoms with Gasteiger partial charge in [-0.15, -0.1) is 0 Å². The summed E-state index contributed by atoms with van der Waals surface area (Å²) >= 11 is 0. The van der Waals surface area contributed by atoms with Crippen molar-refractivity contribution < 1.29 is 17.9 Å². The molecule has 148 valence electrons. The third-order valence-corrected chi connectivity index (χ3v) is 5.77. The van der Waals surface area contributed by atoms with Crippen LogP contribution in [-0.4, -0.2) is 39.4 Å². The highest BCUT2D eigenvalue weighted by molar-refractivity contribution is 7.92. The van der Waals surface area contributed by atoms with Gasteiger partial charge in [-0.25, -0.2) is 8.42 Å². The Hall–Kier alpha value is -3.05. The number of nitrogens with one attached hydrogen (secondary N) is 1. The second-order valence-electron chi connectivity index (χ2n) is 6.46. The molecule has 0 bridgehead atoms. The monoisotopic (exact) mass is 401 g/mol. The Morgan fingerprint density at radius 2 is 1.89 bits per heavy atom. The molecule has 2 aromatic carbocycles. The lowest BCUT2D eigenvalue weighted by atomic mass is 10.1. The van der Waals surface area contributed by atoms with Gasteiger partial charge in [0.15, 0.2) is 0 Å². The fraction of sp³-hybridized carbons (Fsp3) is 0.300. The van der Waals surface area contributed by atoms with Crippen molar-refractivity contribution in [1.82, 2.24) is 4.90 Å². The third kappa shape index (κ3) is 4.81. The maximum Gasteiger partial charge on any atom is 0.265 e. The molecule has 0 aromatic heterocycles. The van der Waals surface area contributed by atoms with Crippen molar-refractivity contribution in [3.05, 3.63) is 53.6 Å². The maximum atomic E-state index is 12.9. The van der Waals surface area contributed by atoms with Crippen molar-refractivity contribution >= 4 is 21.6 Å². The molecule has 0 fully saturated rings. The highest BCUT2D eigenvalue weighted by Crippen LogP contribution is 2.28. The van der Waals surface area contributed by atoms with E-state index in [0.717, 1.165) is 5.56 Å². The van der Waals surface area contributed by atoms with Gasteiger partial charge in [0.1, 0.15) is 10.6 Å². The van der Waals surface area contributed by atoms with Gasteiger partial charge in [0, 0.05) is 24.3 Å². The molecule has 0 saturated carbocycles. The highest BCUT2D eigenvalue weighted by Gasteiger charge is 2.24. The molecule has 1 unspecified atom stereocenters. The van der Waals surface area contributed by atoms with E-state index >= 15 is 0 Å². The average molecular weight is 401 g/mol. The van der Waals surface area contributed by atoms with Gasteiger partial charge in [0.25, 0.3) is 15.9 Å². The zero-order valence-electron chi connectivity index (χ0n) is 16.3. The average Bonchev–Trinajstić information content (AvgIpc) is 2.68. The van der Waals surface area contributed by atoms with Gasteiger partial charge in [0.2, 0.25) is 0 Å². The minimum atomic E-state index is -3.98. The molecule has 1 amide bonds. The van der Waals surface area contributed by atoms with E-state index in [1.807, 2.05) is 13.0 Å². The largest absolute Gasteiger partial charge is 0.495 e. The number of carbonyl (C=O) groups is 1. The first-order valence-corrected chi connectivity index (χ1v) is 10.1. The van der Waals surface area contributed by atoms with Crippen LogP contribution in [0.1, 0.15) is 29.3 Å². The van der Waals surface area contributed by atoms with Gasteiger partial charge in [0.05, 0.1) is 19.6 Å². The van der Waals surface area contributed by atoms with E-state index in [1.54, 1.807) is 38.2 Å². The van der Waals surface area contributed by atoms with E-state index in [-0.39, 0.29) is 34.6 Å². The molecule has 7 nitrogen and oxygen atoms in total. The quantitative estimate of drug-likeness (QED) is 0.768. The Bertz CT molecular complexity index is 995. The normalized spacial score (nSPS) is 12.0. The van der Waals surface area contributed by atoms with E-state index in [1.165, 1.54) is 30.2 Å². The van der Waals surface area contributed by atoms with Crippen molar-refractivity contribution in [2.24, 2.45) is 0 Å². The lowest BCUT2D eigenvalue weighted by Crippen LogP contribution is -2.35. The molecular weight excluding hydrogens is 378 g/mol. The zero-order chi connectivity index (χ0) is 20.9. The van der Waals surface area contributed by atoms with Gasteiger partial charge in [-0.05, 0) is 44.2 Å². The van der Waals surface area contributed by atoms with Gasteiger partial charge < -0.3 is 9.64 Å². The molecule has 0 aliphatic rings. The number of sulfonamides is 1. The van der Waals surface area contributed by atoms with E-state index in [4.69, 9.17) is 10.00 Å². The predicted octanol–water partition coefficient (Wildman–Crippen LogP) is 3.18. The highest BCUT2D eigenvalue weighted by atomic mass is 32.2. The molecular formula is C20H23N3O4S. The summed E-state index contributed by atoms with van der Waals surface area (Å²) in [5.41, 5.74) is 1.60. The molecule has 0 aliphatic carbocycles. The molecule has 2 aromatic rings. The molecule has 0 saturated heterocycles. The van der Waals surface area contributed by atoms with E-state index in [9.17, 15) is 13.2 Å². The van der Waals surface area contributed by atoms with E-state index in [0.29, 0.717) is 5.69 Å². The number of ether oxygens (including phenoxy) is 1. The number of nitriles is 1. The number of aryl methyl sites for hydroxylation is 1. The standard InChI is InChI=1S/C20H23N3O4S/c1-14-5-8-17(9-6-14)22-28(25,26)19-13-16(7-10-18(19)27-4)20(24)23(3)15(2)11-12-21/h5-10,13,15,22H,11H2,1-4H3. The van der Waals surface area contributed by atoms with Crippen LogP contribution < -0.4 is 9.46 Å². The van der Waals surface area contributed by atoms with Crippen molar-refractivity contribution in [2.75, 3.05) is 18.9 Å². The summed E-state index contributed by atoms with van der Waals surface area (Å²) in [6.07, 6.45) is 0.179. The molecule has 1 atom stereocenters. The minimum absolute atomic E-state index is 0.129. The Morgan fingerprint density at radius 3 is 2.46 bits per heavy atom. The SMILES string of the molecule is COc1ccc(C(=O)N(C)C(C)CC#N)cc1S(=O)(=O)Nc1ccc(C)cc1. The van der Waals surface area contributed by atoms with Crippen molar-refractivity contribution in [1.29, 1.82) is 5.26 Å². The number of amides is 1. The number of hydrogen-bond acceptors (Lipinski definition) is 5. The lowest BCUT2D eigenvalue weighted by Gasteiger charge is -2.23. The Balaban J connectivity index is 2.40. The smallest absolute Gasteiger partial charge is 0.265 e. The zero-order valence-corrected chi connectivity index (χ0v) is 17.1. The maximum absolute atomic E-state index is 12.9. The van der Waals surface area contributed by atoms with Crippen LogP contribution in [0.4, 0.5) is 5.69 Å². The summed E-state index contributed by atoms with van der Waals surface area (Å²) < 4.78 is 33.5. The van der Waals surface area contributed by atoms with Gasteiger partial charge >= 0.3 is 0 Å². The van der Waals surface area contributed by atoms with Gasteiger partial charge in [-0.2, -0.15) is 5.26 Å². The molecule has 0 heterocycles. The van der Waals surface area contributed by atoms with E-state index in [2.05, 4.69) is 4.72 Å². The van der Waals surface area contributed by atoms with Gasteiger partial charge in [-0.3, -0.25) is 9.52 Å². The molecule has 0 spiro atoms. The first kappa shape index (κ1) is 21.3. The number of hydrogen-bond donors (Lipinski definition) is 1. The van der Waals surface area contributed by atoms with Crippen LogP contribution in [0.5, 0.6) is 5.75 Å². The number of benzene rings is 2. The number of rotatable bonds is 7. The summed E-state index contributed by atoms with van der Waals surface area (Å²) in [6, 6.07) is 12.9. The fourth-order valence-electron chi connectivity index (χ4n) is 2.52.